The van der Waals surface area contributed by atoms with Crippen molar-refractivity contribution in [1.82, 2.24) is 5.48 Å². The molecule has 1 aliphatic rings. The summed E-state index contributed by atoms with van der Waals surface area (Å²) >= 11 is 11.7. The summed E-state index contributed by atoms with van der Waals surface area (Å²) in [5, 5.41) is 1.12. The second kappa shape index (κ2) is 3.81. The summed E-state index contributed by atoms with van der Waals surface area (Å²) < 4.78 is 0. The van der Waals surface area contributed by atoms with Gasteiger partial charge in [0.2, 0.25) is 0 Å². The lowest BCUT2D eigenvalue weighted by Crippen LogP contribution is -2.04. The molecule has 0 amide bonds. The summed E-state index contributed by atoms with van der Waals surface area (Å²) in [6.45, 7) is 2.62. The second-order valence-corrected chi connectivity index (χ2v) is 3.99. The van der Waals surface area contributed by atoms with Crippen molar-refractivity contribution in [2.75, 3.05) is 6.61 Å². The molecule has 2 nitrogen and oxygen atoms in total. The van der Waals surface area contributed by atoms with E-state index in [9.17, 15) is 0 Å². The molecule has 0 saturated heterocycles. The minimum atomic E-state index is 0.554. The Hall–Kier alpha value is -0.700. The predicted octanol–water partition coefficient (Wildman–Crippen LogP) is 3.26. The van der Waals surface area contributed by atoms with Gasteiger partial charge in [0.25, 0.3) is 0 Å². The first kappa shape index (κ1) is 9.84. The summed E-state index contributed by atoms with van der Waals surface area (Å²) in [6.07, 6.45) is 0. The summed E-state index contributed by atoms with van der Waals surface area (Å²) in [5.41, 5.74) is 5.97. The highest BCUT2D eigenvalue weighted by atomic mass is 35.5. The average molecular weight is 230 g/mol. The first-order chi connectivity index (χ1) is 6.68. The zero-order chi connectivity index (χ0) is 10.1. The Morgan fingerprint density at radius 1 is 1.29 bits per heavy atom. The van der Waals surface area contributed by atoms with Gasteiger partial charge in [-0.3, -0.25) is 10.3 Å². The third-order valence-electron chi connectivity index (χ3n) is 2.10. The van der Waals surface area contributed by atoms with Gasteiger partial charge in [-0.05, 0) is 24.6 Å². The van der Waals surface area contributed by atoms with Crippen LogP contribution in [0.2, 0.25) is 10.0 Å². The lowest BCUT2D eigenvalue weighted by atomic mass is 10.1. The fourth-order valence-electron chi connectivity index (χ4n) is 1.33. The van der Waals surface area contributed by atoms with Crippen LogP contribution in [-0.4, -0.2) is 6.61 Å². The van der Waals surface area contributed by atoms with Gasteiger partial charge in [0.1, 0.15) is 0 Å². The van der Waals surface area contributed by atoms with Gasteiger partial charge in [-0.1, -0.05) is 29.3 Å². The van der Waals surface area contributed by atoms with Crippen LogP contribution < -0.4 is 5.48 Å². The molecule has 0 radical (unpaired) electrons. The predicted molar refractivity (Wildman–Crippen MR) is 58.1 cm³/mol. The number of nitrogens with one attached hydrogen (secondary N) is 1. The maximum atomic E-state index is 5.92. The van der Waals surface area contributed by atoms with E-state index in [1.807, 2.05) is 19.1 Å². The second-order valence-electron chi connectivity index (χ2n) is 3.17. The first-order valence-electron chi connectivity index (χ1n) is 4.21. The SMILES string of the molecule is CC1=C(c2ccc(Cl)c(Cl)c2)NOC1. The molecule has 0 spiro atoms. The summed E-state index contributed by atoms with van der Waals surface area (Å²) in [4.78, 5) is 5.09. The molecule has 1 aromatic carbocycles. The minimum absolute atomic E-state index is 0.554. The highest BCUT2D eigenvalue weighted by Crippen LogP contribution is 2.27. The Morgan fingerprint density at radius 3 is 2.64 bits per heavy atom. The van der Waals surface area contributed by atoms with Crippen LogP contribution >= 0.6 is 23.2 Å². The monoisotopic (exact) mass is 229 g/mol. The molecular formula is C10H9Cl2NO. The van der Waals surface area contributed by atoms with Crippen LogP contribution in [0.5, 0.6) is 0 Å². The van der Waals surface area contributed by atoms with Gasteiger partial charge in [-0.15, -0.1) is 0 Å². The largest absolute Gasteiger partial charge is 0.272 e. The molecule has 0 aliphatic carbocycles. The number of hydrogen-bond acceptors (Lipinski definition) is 2. The van der Waals surface area contributed by atoms with Gasteiger partial charge in [0.05, 0.1) is 22.3 Å². The van der Waals surface area contributed by atoms with Gasteiger partial charge < -0.3 is 0 Å². The van der Waals surface area contributed by atoms with Crippen LogP contribution in [-0.2, 0) is 4.84 Å². The molecule has 14 heavy (non-hydrogen) atoms. The topological polar surface area (TPSA) is 21.3 Å². The molecule has 0 unspecified atom stereocenters. The van der Waals surface area contributed by atoms with Crippen molar-refractivity contribution in [3.05, 3.63) is 39.4 Å². The van der Waals surface area contributed by atoms with Gasteiger partial charge in [0, 0.05) is 5.56 Å². The van der Waals surface area contributed by atoms with Crippen molar-refractivity contribution in [3.8, 4) is 0 Å². The van der Waals surface area contributed by atoms with Gasteiger partial charge in [-0.25, -0.2) is 0 Å². The molecule has 4 heteroatoms. The van der Waals surface area contributed by atoms with Crippen molar-refractivity contribution in [2.24, 2.45) is 0 Å². The van der Waals surface area contributed by atoms with Crippen molar-refractivity contribution >= 4 is 28.9 Å². The molecule has 1 aromatic rings. The van der Waals surface area contributed by atoms with E-state index in [0.717, 1.165) is 16.8 Å². The highest BCUT2D eigenvalue weighted by Gasteiger charge is 2.13. The maximum Gasteiger partial charge on any atom is 0.0978 e. The standard InChI is InChI=1S/C10H9Cl2NO/c1-6-5-14-13-10(6)7-2-3-8(11)9(12)4-7/h2-4,13H,5H2,1H3. The fourth-order valence-corrected chi connectivity index (χ4v) is 1.63. The molecule has 0 saturated carbocycles. The molecule has 0 bridgehead atoms. The molecule has 1 aliphatic heterocycles. The van der Waals surface area contributed by atoms with Crippen molar-refractivity contribution in [3.63, 3.8) is 0 Å². The smallest absolute Gasteiger partial charge is 0.0978 e. The maximum absolute atomic E-state index is 5.92. The van der Waals surface area contributed by atoms with Crippen LogP contribution in [0.3, 0.4) is 0 Å². The van der Waals surface area contributed by atoms with E-state index in [1.165, 1.54) is 0 Å². The zero-order valence-corrected chi connectivity index (χ0v) is 9.12. The molecule has 1 N–H and O–H groups in total. The van der Waals surface area contributed by atoms with E-state index >= 15 is 0 Å². The lowest BCUT2D eigenvalue weighted by molar-refractivity contribution is 0.118. The van der Waals surface area contributed by atoms with Crippen LogP contribution in [0.15, 0.2) is 23.8 Å². The van der Waals surface area contributed by atoms with E-state index in [-0.39, 0.29) is 0 Å². The molecule has 0 atom stereocenters. The first-order valence-corrected chi connectivity index (χ1v) is 4.97. The molecule has 0 fully saturated rings. The minimum Gasteiger partial charge on any atom is -0.272 e. The molecule has 2 rings (SSSR count). The number of rotatable bonds is 1. The van der Waals surface area contributed by atoms with Gasteiger partial charge in [0.15, 0.2) is 0 Å². The summed E-state index contributed by atoms with van der Waals surface area (Å²) in [6, 6.07) is 5.51. The number of benzene rings is 1. The summed E-state index contributed by atoms with van der Waals surface area (Å²) in [7, 11) is 0. The Kier molecular flexibility index (Phi) is 2.68. The third-order valence-corrected chi connectivity index (χ3v) is 2.84. The quantitative estimate of drug-likeness (QED) is 0.799. The summed E-state index contributed by atoms with van der Waals surface area (Å²) in [5.74, 6) is 0. The Morgan fingerprint density at radius 2 is 2.07 bits per heavy atom. The molecule has 0 aromatic heterocycles. The van der Waals surface area contributed by atoms with Crippen LogP contribution in [0, 0.1) is 0 Å². The van der Waals surface area contributed by atoms with E-state index in [2.05, 4.69) is 5.48 Å². The normalized spacial score (nSPS) is 15.9. The van der Waals surface area contributed by atoms with Crippen LogP contribution in [0.4, 0.5) is 0 Å². The van der Waals surface area contributed by atoms with Crippen molar-refractivity contribution < 1.29 is 4.84 Å². The highest BCUT2D eigenvalue weighted by molar-refractivity contribution is 6.42. The van der Waals surface area contributed by atoms with Crippen molar-refractivity contribution in [1.29, 1.82) is 0 Å². The van der Waals surface area contributed by atoms with Crippen LogP contribution in [0.1, 0.15) is 12.5 Å². The number of hydrogen-bond donors (Lipinski definition) is 1. The third kappa shape index (κ3) is 1.73. The lowest BCUT2D eigenvalue weighted by Gasteiger charge is -2.05. The average Bonchev–Trinajstić information content (AvgIpc) is 2.57. The Bertz CT molecular complexity index is 401. The Balaban J connectivity index is 2.42. The fraction of sp³-hybridized carbons (Fsp3) is 0.200. The zero-order valence-electron chi connectivity index (χ0n) is 7.60. The van der Waals surface area contributed by atoms with Crippen LogP contribution in [0.25, 0.3) is 5.70 Å². The van der Waals surface area contributed by atoms with E-state index in [1.54, 1.807) is 6.07 Å². The molecule has 1 heterocycles. The van der Waals surface area contributed by atoms with E-state index < -0.39 is 0 Å². The molecule has 74 valence electrons. The number of hydroxylamine groups is 1. The van der Waals surface area contributed by atoms with E-state index in [4.69, 9.17) is 28.0 Å². The van der Waals surface area contributed by atoms with Gasteiger partial charge >= 0.3 is 0 Å². The Labute approximate surface area is 92.4 Å². The van der Waals surface area contributed by atoms with E-state index in [0.29, 0.717) is 16.7 Å². The van der Waals surface area contributed by atoms with Crippen molar-refractivity contribution in [2.45, 2.75) is 6.92 Å². The number of halogens is 2. The van der Waals surface area contributed by atoms with Gasteiger partial charge in [-0.2, -0.15) is 0 Å². The molecular weight excluding hydrogens is 221 g/mol.